The van der Waals surface area contributed by atoms with Crippen molar-refractivity contribution in [2.24, 2.45) is 0 Å². The predicted molar refractivity (Wildman–Crippen MR) is 92.0 cm³/mol. The Kier molecular flexibility index (Phi) is 4.79. The summed E-state index contributed by atoms with van der Waals surface area (Å²) in [5.41, 5.74) is 2.22. The highest BCUT2D eigenvalue weighted by Crippen LogP contribution is 2.25. The first-order chi connectivity index (χ1) is 11.6. The van der Waals surface area contributed by atoms with E-state index in [0.29, 0.717) is 18.5 Å². The number of likely N-dealkylation sites (tertiary alicyclic amines) is 1. The smallest absolute Gasteiger partial charge is 0.303 e. The number of rotatable bonds is 4. The lowest BCUT2D eigenvalue weighted by atomic mass is 9.96. The average molecular weight is 326 g/mol. The van der Waals surface area contributed by atoms with Crippen LogP contribution in [0.5, 0.6) is 0 Å². The summed E-state index contributed by atoms with van der Waals surface area (Å²) in [6.07, 6.45) is 3.49. The van der Waals surface area contributed by atoms with Gasteiger partial charge in [-0.3, -0.25) is 14.6 Å². The number of carboxylic acid groups (broad SMARTS) is 1. The standard InChI is InChI=1S/C19H22N2O3/c1-13-8-9-14-5-4-7-16(18(14)20-13)19(24)21-12-3-2-6-15(21)10-11-17(22)23/h4-5,7-9,15H,2-3,6,10-12H2,1H3,(H,22,23). The van der Waals surface area contributed by atoms with Gasteiger partial charge in [-0.15, -0.1) is 0 Å². The average Bonchev–Trinajstić information content (AvgIpc) is 2.59. The van der Waals surface area contributed by atoms with E-state index in [4.69, 9.17) is 5.11 Å². The van der Waals surface area contributed by atoms with Crippen molar-refractivity contribution in [3.05, 3.63) is 41.6 Å². The molecule has 5 heteroatoms. The van der Waals surface area contributed by atoms with Gasteiger partial charge in [0.05, 0.1) is 11.1 Å². The summed E-state index contributed by atoms with van der Waals surface area (Å²) in [6, 6.07) is 9.57. The third kappa shape index (κ3) is 3.40. The molecule has 2 heterocycles. The lowest BCUT2D eigenvalue weighted by Gasteiger charge is -2.36. The molecular weight excluding hydrogens is 304 g/mol. The van der Waals surface area contributed by atoms with E-state index < -0.39 is 5.97 Å². The molecule has 1 N–H and O–H groups in total. The summed E-state index contributed by atoms with van der Waals surface area (Å²) in [6.45, 7) is 2.60. The Morgan fingerprint density at radius 3 is 2.88 bits per heavy atom. The second-order valence-electron chi connectivity index (χ2n) is 6.41. The first kappa shape index (κ1) is 16.4. The van der Waals surface area contributed by atoms with E-state index in [2.05, 4.69) is 4.98 Å². The minimum Gasteiger partial charge on any atom is -0.481 e. The number of pyridine rings is 1. The van der Waals surface area contributed by atoms with Crippen molar-refractivity contribution >= 4 is 22.8 Å². The number of carbonyl (C=O) groups excluding carboxylic acids is 1. The van der Waals surface area contributed by atoms with Crippen LogP contribution in [0.2, 0.25) is 0 Å². The van der Waals surface area contributed by atoms with E-state index >= 15 is 0 Å². The van der Waals surface area contributed by atoms with Crippen LogP contribution in [-0.2, 0) is 4.79 Å². The number of piperidine rings is 1. The zero-order valence-electron chi connectivity index (χ0n) is 13.9. The van der Waals surface area contributed by atoms with Gasteiger partial charge >= 0.3 is 5.97 Å². The molecule has 3 rings (SSSR count). The summed E-state index contributed by atoms with van der Waals surface area (Å²) in [7, 11) is 0. The fraction of sp³-hybridized carbons (Fsp3) is 0.421. The van der Waals surface area contributed by atoms with Crippen molar-refractivity contribution in [1.29, 1.82) is 0 Å². The van der Waals surface area contributed by atoms with Gasteiger partial charge in [0.1, 0.15) is 0 Å². The molecule has 0 radical (unpaired) electrons. The van der Waals surface area contributed by atoms with Gasteiger partial charge in [0.25, 0.3) is 5.91 Å². The van der Waals surface area contributed by atoms with E-state index in [9.17, 15) is 9.59 Å². The van der Waals surface area contributed by atoms with Crippen LogP contribution < -0.4 is 0 Å². The van der Waals surface area contributed by atoms with Crippen LogP contribution in [0.3, 0.4) is 0 Å². The van der Waals surface area contributed by atoms with Gasteiger partial charge in [-0.1, -0.05) is 18.2 Å². The van der Waals surface area contributed by atoms with Crippen LogP contribution in [0.15, 0.2) is 30.3 Å². The summed E-state index contributed by atoms with van der Waals surface area (Å²) in [5, 5.41) is 9.89. The quantitative estimate of drug-likeness (QED) is 0.935. The van der Waals surface area contributed by atoms with E-state index in [0.717, 1.165) is 35.9 Å². The van der Waals surface area contributed by atoms with Crippen LogP contribution >= 0.6 is 0 Å². The van der Waals surface area contributed by atoms with Gasteiger partial charge < -0.3 is 10.0 Å². The molecular formula is C19H22N2O3. The first-order valence-electron chi connectivity index (χ1n) is 8.45. The predicted octanol–water partition coefficient (Wildman–Crippen LogP) is 3.40. The van der Waals surface area contributed by atoms with Gasteiger partial charge in [-0.25, -0.2) is 0 Å². The highest BCUT2D eigenvalue weighted by atomic mass is 16.4. The lowest BCUT2D eigenvalue weighted by molar-refractivity contribution is -0.137. The van der Waals surface area contributed by atoms with Crippen molar-refractivity contribution in [2.75, 3.05) is 6.54 Å². The second kappa shape index (κ2) is 6.99. The van der Waals surface area contributed by atoms with E-state index in [1.807, 2.05) is 42.2 Å². The molecule has 5 nitrogen and oxygen atoms in total. The topological polar surface area (TPSA) is 70.5 Å². The molecule has 24 heavy (non-hydrogen) atoms. The number of hydrogen-bond donors (Lipinski definition) is 1. The summed E-state index contributed by atoms with van der Waals surface area (Å²) < 4.78 is 0. The summed E-state index contributed by atoms with van der Waals surface area (Å²) in [4.78, 5) is 30.4. The third-order valence-corrected chi connectivity index (χ3v) is 4.67. The molecule has 2 aromatic rings. The molecule has 1 aliphatic rings. The number of aromatic nitrogens is 1. The molecule has 1 amide bonds. The van der Waals surface area contributed by atoms with Gasteiger partial charge in [0.2, 0.25) is 0 Å². The van der Waals surface area contributed by atoms with Gasteiger partial charge in [-0.05, 0) is 44.7 Å². The lowest BCUT2D eigenvalue weighted by Crippen LogP contribution is -2.44. The number of fused-ring (bicyclic) bond motifs is 1. The van der Waals surface area contributed by atoms with E-state index in [-0.39, 0.29) is 18.4 Å². The molecule has 0 bridgehead atoms. The molecule has 1 aliphatic heterocycles. The zero-order valence-corrected chi connectivity index (χ0v) is 13.9. The van der Waals surface area contributed by atoms with Gasteiger partial charge in [0.15, 0.2) is 0 Å². The van der Waals surface area contributed by atoms with E-state index in [1.165, 1.54) is 0 Å². The van der Waals surface area contributed by atoms with Crippen LogP contribution in [0.4, 0.5) is 0 Å². The second-order valence-corrected chi connectivity index (χ2v) is 6.41. The number of hydrogen-bond acceptors (Lipinski definition) is 3. The number of aliphatic carboxylic acids is 1. The summed E-state index contributed by atoms with van der Waals surface area (Å²) in [5.74, 6) is -0.843. The Morgan fingerprint density at radius 1 is 1.25 bits per heavy atom. The number of amides is 1. The monoisotopic (exact) mass is 326 g/mol. The SMILES string of the molecule is Cc1ccc2cccc(C(=O)N3CCCCC3CCC(=O)O)c2n1. The molecule has 1 fully saturated rings. The molecule has 0 spiro atoms. The molecule has 1 atom stereocenters. The Balaban J connectivity index is 1.92. The molecule has 1 aromatic heterocycles. The number of carbonyl (C=O) groups is 2. The maximum atomic E-state index is 13.1. The summed E-state index contributed by atoms with van der Waals surface area (Å²) >= 11 is 0. The van der Waals surface area contributed by atoms with E-state index in [1.54, 1.807) is 0 Å². The maximum Gasteiger partial charge on any atom is 0.303 e. The Labute approximate surface area is 141 Å². The van der Waals surface area contributed by atoms with Crippen molar-refractivity contribution in [3.8, 4) is 0 Å². The largest absolute Gasteiger partial charge is 0.481 e. The minimum absolute atomic E-state index is 0.00224. The Morgan fingerprint density at radius 2 is 2.08 bits per heavy atom. The van der Waals surface area contributed by atoms with Crippen molar-refractivity contribution < 1.29 is 14.7 Å². The highest BCUT2D eigenvalue weighted by Gasteiger charge is 2.28. The Bertz CT molecular complexity index is 772. The van der Waals surface area contributed by atoms with Gasteiger partial charge in [-0.2, -0.15) is 0 Å². The van der Waals surface area contributed by atoms with Crippen LogP contribution in [0.1, 0.15) is 48.2 Å². The molecule has 0 saturated carbocycles. The Hall–Kier alpha value is -2.43. The third-order valence-electron chi connectivity index (χ3n) is 4.67. The first-order valence-corrected chi connectivity index (χ1v) is 8.45. The van der Waals surface area contributed by atoms with Gasteiger partial charge in [0, 0.05) is 30.1 Å². The van der Waals surface area contributed by atoms with Crippen molar-refractivity contribution in [1.82, 2.24) is 9.88 Å². The number of benzene rings is 1. The number of nitrogens with zero attached hydrogens (tertiary/aromatic N) is 2. The van der Waals surface area contributed by atoms with Crippen molar-refractivity contribution in [3.63, 3.8) is 0 Å². The zero-order chi connectivity index (χ0) is 17.1. The van der Waals surface area contributed by atoms with Crippen LogP contribution in [-0.4, -0.2) is 39.5 Å². The molecule has 1 unspecified atom stereocenters. The number of aryl methyl sites for hydroxylation is 1. The van der Waals surface area contributed by atoms with Crippen LogP contribution in [0.25, 0.3) is 10.9 Å². The molecule has 0 aliphatic carbocycles. The fourth-order valence-corrected chi connectivity index (χ4v) is 3.43. The normalized spacial score (nSPS) is 17.9. The molecule has 1 aromatic carbocycles. The van der Waals surface area contributed by atoms with Crippen molar-refractivity contribution in [2.45, 2.75) is 45.1 Å². The fourth-order valence-electron chi connectivity index (χ4n) is 3.43. The number of para-hydroxylation sites is 1. The molecule has 126 valence electrons. The maximum absolute atomic E-state index is 13.1. The minimum atomic E-state index is -0.810. The molecule has 1 saturated heterocycles. The highest BCUT2D eigenvalue weighted by molar-refractivity contribution is 6.05. The number of carboxylic acids is 1. The van der Waals surface area contributed by atoms with Crippen LogP contribution in [0, 0.1) is 6.92 Å².